The first kappa shape index (κ1) is 41.8. The van der Waals surface area contributed by atoms with Crippen molar-refractivity contribution in [2.45, 2.75) is 174 Å². The smallest absolute Gasteiger partial charge is 0.306 e. The fourth-order valence-corrected chi connectivity index (χ4v) is 5.76. The van der Waals surface area contributed by atoms with E-state index in [0.717, 1.165) is 38.5 Å². The highest BCUT2D eigenvalue weighted by molar-refractivity contribution is 5.70. The summed E-state index contributed by atoms with van der Waals surface area (Å²) in [5, 5.41) is 19.1. The second-order valence-electron chi connectivity index (χ2n) is 13.1. The number of unbranched alkanes of at least 4 members (excludes halogenated alkanes) is 20. The number of carbonyl (C=O) groups is 2. The van der Waals surface area contributed by atoms with Crippen LogP contribution < -0.4 is 0 Å². The van der Waals surface area contributed by atoms with Crippen LogP contribution in [0.15, 0.2) is 0 Å². The molecule has 1 atom stereocenters. The fourth-order valence-electron chi connectivity index (χ4n) is 5.76. The molecule has 0 aromatic heterocycles. The van der Waals surface area contributed by atoms with Gasteiger partial charge in [-0.2, -0.15) is 0 Å². The molecule has 43 heavy (non-hydrogen) atoms. The summed E-state index contributed by atoms with van der Waals surface area (Å²) in [6.45, 7) is 5.69. The lowest BCUT2D eigenvalue weighted by Gasteiger charge is -2.36. The summed E-state index contributed by atoms with van der Waals surface area (Å²) >= 11 is 0. The van der Waals surface area contributed by atoms with Crippen molar-refractivity contribution in [3.63, 3.8) is 0 Å². The molecule has 0 fully saturated rings. The molecule has 2 N–H and O–H groups in total. The van der Waals surface area contributed by atoms with Gasteiger partial charge in [0.25, 0.3) is 0 Å². The lowest BCUT2D eigenvalue weighted by Crippen LogP contribution is -2.53. The topological polar surface area (TPSA) is 93.1 Å². The van der Waals surface area contributed by atoms with Gasteiger partial charge in [-0.05, 0) is 12.8 Å². The third kappa shape index (κ3) is 28.1. The third-order valence-corrected chi connectivity index (χ3v) is 8.62. The maximum Gasteiger partial charge on any atom is 0.306 e. The molecule has 0 spiro atoms. The van der Waals surface area contributed by atoms with Crippen molar-refractivity contribution in [2.24, 2.45) is 0 Å². The molecule has 0 unspecified atom stereocenters. The van der Waals surface area contributed by atoms with Gasteiger partial charge in [-0.15, -0.1) is 0 Å². The minimum atomic E-state index is -0.593. The average molecular weight is 615 g/mol. The Balaban J connectivity index is 4.35. The van der Waals surface area contributed by atoms with Crippen LogP contribution in [0, 0.1) is 0 Å². The Morgan fingerprint density at radius 3 is 1.28 bits per heavy atom. The fraction of sp³-hybridized carbons (Fsp3) is 0.944. The Bertz CT molecular complexity index is 623. The molecule has 7 nitrogen and oxygen atoms in total. The third-order valence-electron chi connectivity index (χ3n) is 8.62. The van der Waals surface area contributed by atoms with Gasteiger partial charge in [-0.3, -0.25) is 9.59 Å². The molecule has 7 heteroatoms. The highest BCUT2D eigenvalue weighted by atomic mass is 16.6. The molecule has 256 valence electrons. The summed E-state index contributed by atoms with van der Waals surface area (Å²) in [6.07, 6.45) is 27.1. The van der Waals surface area contributed by atoms with Gasteiger partial charge in [0, 0.05) is 12.8 Å². The first-order valence-electron chi connectivity index (χ1n) is 18.3. The van der Waals surface area contributed by atoms with Crippen molar-refractivity contribution in [3.05, 3.63) is 0 Å². The number of hydrogen-bond acceptors (Lipinski definition) is 6. The molecule has 0 bridgehead atoms. The Hall–Kier alpha value is -1.18. The van der Waals surface area contributed by atoms with Gasteiger partial charge in [0.1, 0.15) is 26.2 Å². The molecular weight excluding hydrogens is 542 g/mol. The second kappa shape index (κ2) is 30.8. The molecule has 0 aliphatic carbocycles. The van der Waals surface area contributed by atoms with Crippen LogP contribution in [0.5, 0.6) is 0 Å². The monoisotopic (exact) mass is 615 g/mol. The molecule has 0 aliphatic heterocycles. The van der Waals surface area contributed by atoms with E-state index < -0.39 is 6.10 Å². The van der Waals surface area contributed by atoms with E-state index >= 15 is 0 Å². The summed E-state index contributed by atoms with van der Waals surface area (Å²) in [7, 11) is 1.92. The normalized spacial score (nSPS) is 12.4. The summed E-state index contributed by atoms with van der Waals surface area (Å²) in [5.41, 5.74) is 0. The number of aliphatic hydroxyl groups excluding tert-OH is 2. The number of nitrogens with zero attached hydrogens (tertiary/aromatic N) is 1. The zero-order valence-electron chi connectivity index (χ0n) is 28.8. The molecule has 0 aliphatic rings. The summed E-state index contributed by atoms with van der Waals surface area (Å²) in [5.74, 6) is -0.511. The Kier molecular flexibility index (Phi) is 30.0. The highest BCUT2D eigenvalue weighted by Crippen LogP contribution is 2.15. The van der Waals surface area contributed by atoms with Crippen LogP contribution in [0.25, 0.3) is 0 Å². The van der Waals surface area contributed by atoms with E-state index in [-0.39, 0.29) is 31.8 Å². The van der Waals surface area contributed by atoms with Crippen LogP contribution in [-0.2, 0) is 19.1 Å². The lowest BCUT2D eigenvalue weighted by molar-refractivity contribution is -0.912. The Morgan fingerprint density at radius 1 is 0.558 bits per heavy atom. The van der Waals surface area contributed by atoms with E-state index in [9.17, 15) is 19.8 Å². The summed E-state index contributed by atoms with van der Waals surface area (Å²) in [4.78, 5) is 25.1. The van der Waals surface area contributed by atoms with E-state index in [4.69, 9.17) is 9.47 Å². The van der Waals surface area contributed by atoms with Crippen LogP contribution in [0.2, 0.25) is 0 Å². The van der Waals surface area contributed by atoms with Crippen molar-refractivity contribution in [3.8, 4) is 0 Å². The minimum absolute atomic E-state index is 0.0194. The van der Waals surface area contributed by atoms with Gasteiger partial charge in [0.05, 0.1) is 20.3 Å². The zero-order valence-corrected chi connectivity index (χ0v) is 28.8. The zero-order chi connectivity index (χ0) is 31.9. The first-order valence-corrected chi connectivity index (χ1v) is 18.3. The highest BCUT2D eigenvalue weighted by Gasteiger charge is 2.29. The Labute approximate surface area is 266 Å². The minimum Gasteiger partial charge on any atom is -0.461 e. The van der Waals surface area contributed by atoms with Crippen LogP contribution in [0.4, 0.5) is 0 Å². The first-order chi connectivity index (χ1) is 20.9. The molecule has 0 radical (unpaired) electrons. The van der Waals surface area contributed by atoms with E-state index in [1.807, 2.05) is 7.05 Å². The molecule has 0 aromatic rings. The summed E-state index contributed by atoms with van der Waals surface area (Å²) in [6, 6.07) is 0. The standard InChI is InChI=1S/C36H72NO6/c1-4-6-8-10-12-14-16-18-20-22-24-26-35(40)42-33-34(32-37(3,28-30-38)29-31-39)43-36(41)27-25-23-21-19-17-15-13-11-9-7-5-2/h34,38-39H,4-33H2,1-3H3/q+1/t34-/m0/s1. The second-order valence-corrected chi connectivity index (χ2v) is 13.1. The summed E-state index contributed by atoms with van der Waals surface area (Å²) < 4.78 is 11.7. The largest absolute Gasteiger partial charge is 0.461 e. The van der Waals surface area contributed by atoms with Crippen molar-refractivity contribution < 1.29 is 33.8 Å². The van der Waals surface area contributed by atoms with Gasteiger partial charge in [-0.25, -0.2) is 0 Å². The number of esters is 2. The van der Waals surface area contributed by atoms with E-state index in [1.165, 1.54) is 103 Å². The number of likely N-dealkylation sites (N-methyl/N-ethyl adjacent to an activating group) is 1. The maximum absolute atomic E-state index is 12.7. The lowest BCUT2D eigenvalue weighted by atomic mass is 10.1. The van der Waals surface area contributed by atoms with Crippen molar-refractivity contribution >= 4 is 11.9 Å². The number of rotatable bonds is 33. The van der Waals surface area contributed by atoms with E-state index in [2.05, 4.69) is 13.8 Å². The van der Waals surface area contributed by atoms with Gasteiger partial charge in [0.15, 0.2) is 6.10 Å². The number of ether oxygens (including phenoxy) is 2. The van der Waals surface area contributed by atoms with Crippen molar-refractivity contribution in [2.75, 3.05) is 46.5 Å². The van der Waals surface area contributed by atoms with E-state index in [0.29, 0.717) is 37.0 Å². The molecular formula is C36H72NO6+. The number of quaternary nitrogens is 1. The van der Waals surface area contributed by atoms with Gasteiger partial charge in [-0.1, -0.05) is 142 Å². The Morgan fingerprint density at radius 2 is 0.907 bits per heavy atom. The molecule has 0 heterocycles. The molecule has 0 aromatic carbocycles. The SMILES string of the molecule is CCCCCCCCCCCCCC(=O)OC[C@H](C[N+](C)(CCO)CCO)OC(=O)CCCCCCCCCCCCC. The quantitative estimate of drug-likeness (QED) is 0.0439. The van der Waals surface area contributed by atoms with Crippen LogP contribution in [0.3, 0.4) is 0 Å². The molecule has 0 amide bonds. The van der Waals surface area contributed by atoms with Crippen LogP contribution in [0.1, 0.15) is 168 Å². The van der Waals surface area contributed by atoms with Crippen molar-refractivity contribution in [1.29, 1.82) is 0 Å². The van der Waals surface area contributed by atoms with E-state index in [1.54, 1.807) is 0 Å². The van der Waals surface area contributed by atoms with Crippen LogP contribution in [-0.4, -0.2) is 79.2 Å². The molecule has 0 saturated heterocycles. The predicted octanol–water partition coefficient (Wildman–Crippen LogP) is 8.27. The molecule has 0 saturated carbocycles. The average Bonchev–Trinajstić information content (AvgIpc) is 2.97. The predicted molar refractivity (Wildman–Crippen MR) is 178 cm³/mol. The number of carbonyl (C=O) groups excluding carboxylic acids is 2. The number of hydrogen-bond donors (Lipinski definition) is 2. The van der Waals surface area contributed by atoms with Gasteiger partial charge < -0.3 is 24.2 Å². The van der Waals surface area contributed by atoms with Gasteiger partial charge in [0.2, 0.25) is 0 Å². The number of aliphatic hydroxyl groups is 2. The van der Waals surface area contributed by atoms with Crippen molar-refractivity contribution in [1.82, 2.24) is 0 Å². The molecule has 0 rings (SSSR count). The van der Waals surface area contributed by atoms with Gasteiger partial charge >= 0.3 is 11.9 Å². The maximum atomic E-state index is 12.7. The van der Waals surface area contributed by atoms with Crippen LogP contribution >= 0.6 is 0 Å².